The van der Waals surface area contributed by atoms with Crippen LogP contribution in [0.4, 0.5) is 4.39 Å². The molecule has 0 atom stereocenters. The van der Waals surface area contributed by atoms with Gasteiger partial charge in [-0.15, -0.1) is 0 Å². The molecule has 0 spiro atoms. The maximum atomic E-state index is 13.2. The molecule has 0 fully saturated rings. The minimum atomic E-state index is -0.664. The van der Waals surface area contributed by atoms with Gasteiger partial charge in [-0.2, -0.15) is 0 Å². The topological polar surface area (TPSA) is 52.6 Å². The number of hydrogen-bond donors (Lipinski definition) is 0. The number of ether oxygens (including phenoxy) is 2. The molecule has 0 aliphatic heterocycles. The molecular formula is C16H19FO4. The molecule has 0 amide bonds. The number of rotatable bonds is 8. The van der Waals surface area contributed by atoms with E-state index in [0.29, 0.717) is 6.42 Å². The monoisotopic (exact) mass is 294 g/mol. The Kier molecular flexibility index (Phi) is 7.79. The van der Waals surface area contributed by atoms with E-state index in [9.17, 15) is 14.0 Å². The van der Waals surface area contributed by atoms with Gasteiger partial charge in [0, 0.05) is 0 Å². The molecule has 114 valence electrons. The molecule has 5 heteroatoms. The van der Waals surface area contributed by atoms with Crippen LogP contribution >= 0.6 is 0 Å². The Morgan fingerprint density at radius 3 is 2.57 bits per heavy atom. The summed E-state index contributed by atoms with van der Waals surface area (Å²) in [6.45, 7) is 2.31. The van der Waals surface area contributed by atoms with Crippen molar-refractivity contribution in [1.29, 1.82) is 0 Å². The van der Waals surface area contributed by atoms with E-state index < -0.39 is 17.8 Å². The maximum Gasteiger partial charge on any atom is 0.311 e. The van der Waals surface area contributed by atoms with Gasteiger partial charge in [0.2, 0.25) is 0 Å². The molecule has 0 radical (unpaired) electrons. The summed E-state index contributed by atoms with van der Waals surface area (Å²) in [5.41, 5.74) is 0. The first-order valence-corrected chi connectivity index (χ1v) is 6.89. The van der Waals surface area contributed by atoms with Gasteiger partial charge in [0.15, 0.2) is 11.6 Å². The molecule has 21 heavy (non-hydrogen) atoms. The molecule has 0 aromatic heterocycles. The van der Waals surface area contributed by atoms with Crippen LogP contribution in [0.2, 0.25) is 0 Å². The lowest BCUT2D eigenvalue weighted by Gasteiger charge is -2.05. The summed E-state index contributed by atoms with van der Waals surface area (Å²) < 4.78 is 23.0. The van der Waals surface area contributed by atoms with E-state index >= 15 is 0 Å². The van der Waals surface area contributed by atoms with Crippen molar-refractivity contribution < 1.29 is 23.5 Å². The molecule has 1 aromatic rings. The zero-order valence-corrected chi connectivity index (χ0v) is 12.0. The number of hydrogen-bond acceptors (Lipinski definition) is 4. The Hall–Kier alpha value is -2.17. The molecule has 0 bridgehead atoms. The standard InChI is InChI=1S/C16H19FO4/c1-2-3-4-7-12-20-15(18)10-11-16(19)21-14-9-6-5-8-13(14)17/h3-6,8-9H,2,7,10-12H2,1H3/b4-3+. The molecular weight excluding hydrogens is 275 g/mol. The SMILES string of the molecule is CC/C=C/CCOC(=O)CCC(=O)Oc1ccccc1F. The number of halogens is 1. The molecule has 0 heterocycles. The lowest BCUT2D eigenvalue weighted by molar-refractivity contribution is -0.146. The average Bonchev–Trinajstić information content (AvgIpc) is 2.47. The molecule has 0 N–H and O–H groups in total. The highest BCUT2D eigenvalue weighted by atomic mass is 19.1. The highest BCUT2D eigenvalue weighted by Gasteiger charge is 2.11. The number of carbonyl (C=O) groups is 2. The predicted octanol–water partition coefficient (Wildman–Crippen LogP) is 3.41. The van der Waals surface area contributed by atoms with E-state index in [1.54, 1.807) is 6.07 Å². The second-order valence-electron chi connectivity index (χ2n) is 4.29. The van der Waals surface area contributed by atoms with Gasteiger partial charge in [-0.25, -0.2) is 4.39 Å². The number of esters is 2. The van der Waals surface area contributed by atoms with Gasteiger partial charge >= 0.3 is 11.9 Å². The zero-order chi connectivity index (χ0) is 15.5. The highest BCUT2D eigenvalue weighted by Crippen LogP contribution is 2.16. The Bertz CT molecular complexity index is 497. The molecule has 0 aliphatic rings. The second-order valence-corrected chi connectivity index (χ2v) is 4.29. The van der Waals surface area contributed by atoms with Crippen LogP contribution in [0.15, 0.2) is 36.4 Å². The molecule has 1 rings (SSSR count). The van der Waals surface area contributed by atoms with Crippen molar-refractivity contribution in [2.75, 3.05) is 6.61 Å². The Labute approximate surface area is 123 Å². The van der Waals surface area contributed by atoms with Gasteiger partial charge in [0.1, 0.15) is 0 Å². The number of carbonyl (C=O) groups excluding carboxylic acids is 2. The Morgan fingerprint density at radius 2 is 1.86 bits per heavy atom. The summed E-state index contributed by atoms with van der Waals surface area (Å²) in [6, 6.07) is 5.60. The third-order valence-electron chi connectivity index (χ3n) is 2.54. The largest absolute Gasteiger partial charge is 0.465 e. The average molecular weight is 294 g/mol. The number of para-hydroxylation sites is 1. The maximum absolute atomic E-state index is 13.2. The fraction of sp³-hybridized carbons (Fsp3) is 0.375. The van der Waals surface area contributed by atoms with E-state index in [-0.39, 0.29) is 25.2 Å². The van der Waals surface area contributed by atoms with Crippen molar-refractivity contribution in [3.63, 3.8) is 0 Å². The van der Waals surface area contributed by atoms with Crippen molar-refractivity contribution in [1.82, 2.24) is 0 Å². The summed E-state index contributed by atoms with van der Waals surface area (Å²) in [5.74, 6) is -1.88. The van der Waals surface area contributed by atoms with Gasteiger partial charge < -0.3 is 9.47 Å². The number of allylic oxidation sites excluding steroid dienone is 1. The predicted molar refractivity (Wildman–Crippen MR) is 76.3 cm³/mol. The van der Waals surface area contributed by atoms with Crippen LogP contribution in [0.5, 0.6) is 5.75 Å². The van der Waals surface area contributed by atoms with Crippen LogP contribution in [0.3, 0.4) is 0 Å². The first kappa shape index (κ1) is 16.9. The fourth-order valence-corrected chi connectivity index (χ4v) is 1.50. The van der Waals surface area contributed by atoms with Crippen LogP contribution in [0.25, 0.3) is 0 Å². The van der Waals surface area contributed by atoms with Crippen LogP contribution in [-0.4, -0.2) is 18.5 Å². The van der Waals surface area contributed by atoms with E-state index in [4.69, 9.17) is 9.47 Å². The van der Waals surface area contributed by atoms with E-state index in [1.165, 1.54) is 18.2 Å². The molecule has 0 unspecified atom stereocenters. The summed E-state index contributed by atoms with van der Waals surface area (Å²) in [7, 11) is 0. The van der Waals surface area contributed by atoms with E-state index in [0.717, 1.165) is 6.42 Å². The van der Waals surface area contributed by atoms with E-state index in [1.807, 2.05) is 19.1 Å². The van der Waals surface area contributed by atoms with Gasteiger partial charge in [-0.3, -0.25) is 9.59 Å². The molecule has 0 saturated heterocycles. The van der Waals surface area contributed by atoms with Crippen molar-refractivity contribution in [2.24, 2.45) is 0 Å². The lowest BCUT2D eigenvalue weighted by atomic mass is 10.3. The Morgan fingerprint density at radius 1 is 1.14 bits per heavy atom. The first-order valence-electron chi connectivity index (χ1n) is 6.89. The van der Waals surface area contributed by atoms with Gasteiger partial charge in [0.05, 0.1) is 19.4 Å². The van der Waals surface area contributed by atoms with Crippen molar-refractivity contribution >= 4 is 11.9 Å². The zero-order valence-electron chi connectivity index (χ0n) is 12.0. The molecule has 0 aliphatic carbocycles. The van der Waals surface area contributed by atoms with Crippen molar-refractivity contribution in [3.8, 4) is 5.75 Å². The minimum Gasteiger partial charge on any atom is -0.465 e. The molecule has 0 saturated carbocycles. The van der Waals surface area contributed by atoms with Crippen LogP contribution in [0.1, 0.15) is 32.6 Å². The van der Waals surface area contributed by atoms with Gasteiger partial charge in [-0.05, 0) is 25.0 Å². The second kappa shape index (κ2) is 9.69. The van der Waals surface area contributed by atoms with E-state index in [2.05, 4.69) is 0 Å². The number of benzene rings is 1. The van der Waals surface area contributed by atoms with Crippen LogP contribution in [-0.2, 0) is 14.3 Å². The van der Waals surface area contributed by atoms with Crippen molar-refractivity contribution in [2.45, 2.75) is 32.6 Å². The van der Waals surface area contributed by atoms with Gasteiger partial charge in [-0.1, -0.05) is 31.2 Å². The normalized spacial score (nSPS) is 10.6. The summed E-state index contributed by atoms with van der Waals surface area (Å²) in [4.78, 5) is 22.8. The Balaban J connectivity index is 2.22. The highest BCUT2D eigenvalue weighted by molar-refractivity contribution is 5.79. The van der Waals surface area contributed by atoms with Crippen LogP contribution in [0, 0.1) is 5.82 Å². The molecule has 1 aromatic carbocycles. The fourth-order valence-electron chi connectivity index (χ4n) is 1.50. The quantitative estimate of drug-likeness (QED) is 0.319. The van der Waals surface area contributed by atoms with Crippen molar-refractivity contribution in [3.05, 3.63) is 42.2 Å². The minimum absolute atomic E-state index is 0.0786. The van der Waals surface area contributed by atoms with Gasteiger partial charge in [0.25, 0.3) is 0 Å². The molecule has 4 nitrogen and oxygen atoms in total. The summed E-state index contributed by atoms with van der Waals surface area (Å²) >= 11 is 0. The van der Waals surface area contributed by atoms with Crippen LogP contribution < -0.4 is 4.74 Å². The third kappa shape index (κ3) is 7.25. The first-order chi connectivity index (χ1) is 10.1. The summed E-state index contributed by atoms with van der Waals surface area (Å²) in [6.07, 6.45) is 5.29. The smallest absolute Gasteiger partial charge is 0.311 e. The third-order valence-corrected chi connectivity index (χ3v) is 2.54. The lowest BCUT2D eigenvalue weighted by Crippen LogP contribution is -2.13. The summed E-state index contributed by atoms with van der Waals surface area (Å²) in [5, 5.41) is 0.